The lowest BCUT2D eigenvalue weighted by Gasteiger charge is -2.35. The van der Waals surface area contributed by atoms with Crippen molar-refractivity contribution in [3.8, 4) is 0 Å². The number of nitrogens with zero attached hydrogens (tertiary/aromatic N) is 5. The molecule has 1 saturated heterocycles. The van der Waals surface area contributed by atoms with Gasteiger partial charge in [0.15, 0.2) is 0 Å². The van der Waals surface area contributed by atoms with Crippen molar-refractivity contribution in [3.63, 3.8) is 0 Å². The van der Waals surface area contributed by atoms with Crippen LogP contribution in [0, 0.1) is 0 Å². The van der Waals surface area contributed by atoms with Crippen LogP contribution in [0.25, 0.3) is 0 Å². The summed E-state index contributed by atoms with van der Waals surface area (Å²) < 4.78 is 0. The zero-order chi connectivity index (χ0) is 20.5. The number of aryl methyl sites for hydroxylation is 1. The number of carbonyl (C=O) groups is 2. The Morgan fingerprint density at radius 3 is 2.31 bits per heavy atom. The molecule has 154 valence electrons. The van der Waals surface area contributed by atoms with E-state index in [1.54, 1.807) is 30.3 Å². The van der Waals surface area contributed by atoms with Gasteiger partial charge < -0.3 is 14.7 Å². The molecular weight excluding hydrogens is 366 g/mol. The van der Waals surface area contributed by atoms with Crippen LogP contribution in [-0.2, 0) is 16.0 Å². The van der Waals surface area contributed by atoms with Crippen molar-refractivity contribution in [1.82, 2.24) is 19.8 Å². The zero-order valence-electron chi connectivity index (χ0n) is 17.0. The van der Waals surface area contributed by atoms with Crippen molar-refractivity contribution >= 4 is 17.8 Å². The summed E-state index contributed by atoms with van der Waals surface area (Å²) in [4.78, 5) is 38.9. The molecule has 3 rings (SSSR count). The Labute approximate surface area is 172 Å². The highest BCUT2D eigenvalue weighted by atomic mass is 16.2. The lowest BCUT2D eigenvalue weighted by Crippen LogP contribution is -2.49. The van der Waals surface area contributed by atoms with E-state index in [-0.39, 0.29) is 11.8 Å². The second kappa shape index (κ2) is 10.5. The lowest BCUT2D eigenvalue weighted by molar-refractivity contribution is -0.133. The van der Waals surface area contributed by atoms with Gasteiger partial charge in [-0.25, -0.2) is 9.97 Å². The van der Waals surface area contributed by atoms with E-state index in [0.29, 0.717) is 38.5 Å². The topological polar surface area (TPSA) is 69.6 Å². The van der Waals surface area contributed by atoms with Crippen LogP contribution in [-0.4, -0.2) is 70.9 Å². The Morgan fingerprint density at radius 1 is 0.966 bits per heavy atom. The quantitative estimate of drug-likeness (QED) is 0.684. The smallest absolute Gasteiger partial charge is 0.225 e. The molecular formula is C22H29N5O2. The Bertz CT molecular complexity index is 776. The van der Waals surface area contributed by atoms with Gasteiger partial charge in [-0.05, 0) is 24.5 Å². The maximum absolute atomic E-state index is 12.6. The van der Waals surface area contributed by atoms with Gasteiger partial charge in [0.25, 0.3) is 0 Å². The van der Waals surface area contributed by atoms with Crippen LogP contribution in [0.5, 0.6) is 0 Å². The standard InChI is InChI=1S/C22H29N5O2/c1-19(28)25(13-5-9-20-7-3-2-4-8-20)14-10-21(29)26-15-17-27(18-16-26)22-23-11-6-12-24-22/h2-4,6-8,11-12H,5,9-10,13-18H2,1H3. The molecule has 0 spiro atoms. The van der Waals surface area contributed by atoms with Gasteiger partial charge in [-0.15, -0.1) is 0 Å². The molecule has 1 aromatic heterocycles. The molecule has 1 fully saturated rings. The molecule has 0 saturated carbocycles. The van der Waals surface area contributed by atoms with E-state index in [1.165, 1.54) is 5.56 Å². The third-order valence-corrected chi connectivity index (χ3v) is 5.24. The van der Waals surface area contributed by atoms with Gasteiger partial charge in [0.05, 0.1) is 0 Å². The average molecular weight is 396 g/mol. The fourth-order valence-electron chi connectivity index (χ4n) is 3.54. The summed E-state index contributed by atoms with van der Waals surface area (Å²) in [5.41, 5.74) is 1.27. The van der Waals surface area contributed by atoms with Crippen LogP contribution in [0.2, 0.25) is 0 Å². The highest BCUT2D eigenvalue weighted by Crippen LogP contribution is 2.11. The molecule has 0 unspecified atom stereocenters. The van der Waals surface area contributed by atoms with Gasteiger partial charge in [0.2, 0.25) is 17.8 Å². The molecule has 0 N–H and O–H groups in total. The van der Waals surface area contributed by atoms with E-state index in [2.05, 4.69) is 27.0 Å². The first-order valence-electron chi connectivity index (χ1n) is 10.2. The van der Waals surface area contributed by atoms with Crippen LogP contribution in [0.3, 0.4) is 0 Å². The number of anilines is 1. The van der Waals surface area contributed by atoms with Crippen molar-refractivity contribution in [1.29, 1.82) is 0 Å². The van der Waals surface area contributed by atoms with Crippen molar-refractivity contribution in [2.24, 2.45) is 0 Å². The molecule has 0 bridgehead atoms. The highest BCUT2D eigenvalue weighted by molar-refractivity contribution is 5.78. The first-order chi connectivity index (χ1) is 14.1. The Hall–Kier alpha value is -2.96. The van der Waals surface area contributed by atoms with E-state index in [9.17, 15) is 9.59 Å². The molecule has 1 aliphatic rings. The van der Waals surface area contributed by atoms with E-state index in [4.69, 9.17) is 0 Å². The first-order valence-corrected chi connectivity index (χ1v) is 10.2. The van der Waals surface area contributed by atoms with Gasteiger partial charge in [-0.3, -0.25) is 9.59 Å². The van der Waals surface area contributed by atoms with E-state index in [1.807, 2.05) is 23.1 Å². The Kier molecular flexibility index (Phi) is 7.55. The summed E-state index contributed by atoms with van der Waals surface area (Å²) in [5, 5.41) is 0. The third kappa shape index (κ3) is 6.27. The number of rotatable bonds is 8. The van der Waals surface area contributed by atoms with Crippen LogP contribution in [0.1, 0.15) is 25.3 Å². The van der Waals surface area contributed by atoms with E-state index >= 15 is 0 Å². The molecule has 2 amide bonds. The summed E-state index contributed by atoms with van der Waals surface area (Å²) in [6, 6.07) is 12.1. The lowest BCUT2D eigenvalue weighted by atomic mass is 10.1. The molecule has 2 aromatic rings. The number of hydrogen-bond donors (Lipinski definition) is 0. The van der Waals surface area contributed by atoms with E-state index < -0.39 is 0 Å². The van der Waals surface area contributed by atoms with Crippen LogP contribution >= 0.6 is 0 Å². The summed E-state index contributed by atoms with van der Waals surface area (Å²) >= 11 is 0. The maximum Gasteiger partial charge on any atom is 0.225 e. The number of aromatic nitrogens is 2. The first kappa shape index (κ1) is 20.8. The molecule has 1 aliphatic heterocycles. The molecule has 7 nitrogen and oxygen atoms in total. The highest BCUT2D eigenvalue weighted by Gasteiger charge is 2.23. The largest absolute Gasteiger partial charge is 0.342 e. The fraction of sp³-hybridized carbons (Fsp3) is 0.455. The minimum Gasteiger partial charge on any atom is -0.342 e. The second-order valence-electron chi connectivity index (χ2n) is 7.26. The number of carbonyl (C=O) groups excluding carboxylic acids is 2. The normalized spacial score (nSPS) is 14.0. The second-order valence-corrected chi connectivity index (χ2v) is 7.26. The van der Waals surface area contributed by atoms with Gasteiger partial charge in [0, 0.05) is 65.0 Å². The van der Waals surface area contributed by atoms with Gasteiger partial charge in [-0.1, -0.05) is 30.3 Å². The Morgan fingerprint density at radius 2 is 1.66 bits per heavy atom. The predicted octanol–water partition coefficient (Wildman–Crippen LogP) is 2.00. The Balaban J connectivity index is 1.40. The number of benzene rings is 1. The number of piperazine rings is 1. The molecule has 0 atom stereocenters. The predicted molar refractivity (Wildman–Crippen MR) is 112 cm³/mol. The molecule has 29 heavy (non-hydrogen) atoms. The molecule has 1 aromatic carbocycles. The zero-order valence-corrected chi connectivity index (χ0v) is 17.0. The van der Waals surface area contributed by atoms with Crippen molar-refractivity contribution in [2.45, 2.75) is 26.2 Å². The van der Waals surface area contributed by atoms with Gasteiger partial charge in [0.1, 0.15) is 0 Å². The van der Waals surface area contributed by atoms with E-state index in [0.717, 1.165) is 25.9 Å². The number of amides is 2. The minimum atomic E-state index is 0.0249. The van der Waals surface area contributed by atoms with Crippen LogP contribution < -0.4 is 4.90 Å². The third-order valence-electron chi connectivity index (χ3n) is 5.24. The van der Waals surface area contributed by atoms with Crippen molar-refractivity contribution in [3.05, 3.63) is 54.4 Å². The van der Waals surface area contributed by atoms with Crippen molar-refractivity contribution < 1.29 is 9.59 Å². The molecule has 2 heterocycles. The van der Waals surface area contributed by atoms with Crippen molar-refractivity contribution in [2.75, 3.05) is 44.2 Å². The minimum absolute atomic E-state index is 0.0249. The van der Waals surface area contributed by atoms with Gasteiger partial charge in [-0.2, -0.15) is 0 Å². The maximum atomic E-state index is 12.6. The SMILES string of the molecule is CC(=O)N(CCCc1ccccc1)CCC(=O)N1CCN(c2ncccn2)CC1. The monoisotopic (exact) mass is 395 g/mol. The fourth-order valence-corrected chi connectivity index (χ4v) is 3.54. The average Bonchev–Trinajstić information content (AvgIpc) is 2.77. The van der Waals surface area contributed by atoms with Gasteiger partial charge >= 0.3 is 0 Å². The summed E-state index contributed by atoms with van der Waals surface area (Å²) in [5.74, 6) is 0.839. The summed E-state index contributed by atoms with van der Waals surface area (Å²) in [7, 11) is 0. The number of hydrogen-bond acceptors (Lipinski definition) is 5. The molecule has 0 radical (unpaired) electrons. The van der Waals surface area contributed by atoms with Crippen LogP contribution in [0.15, 0.2) is 48.8 Å². The summed E-state index contributed by atoms with van der Waals surface area (Å²) in [6.45, 7) is 5.50. The molecule has 7 heteroatoms. The van der Waals surface area contributed by atoms with Crippen LogP contribution in [0.4, 0.5) is 5.95 Å². The molecule has 0 aliphatic carbocycles. The summed E-state index contributed by atoms with van der Waals surface area (Å²) in [6.07, 6.45) is 5.66.